The third-order valence-corrected chi connectivity index (χ3v) is 3.25. The fourth-order valence-corrected chi connectivity index (χ4v) is 2.04. The number of hydrogen-bond acceptors (Lipinski definition) is 2. The number of carbonyl (C=O) groups is 1. The Hall–Kier alpha value is -2.00. The van der Waals surface area contributed by atoms with Crippen LogP contribution in [-0.2, 0) is 4.79 Å². The number of rotatable bonds is 4. The third-order valence-electron chi connectivity index (χ3n) is 2.83. The molecule has 0 aliphatic heterocycles. The Balaban J connectivity index is 2.45. The zero-order valence-electron chi connectivity index (χ0n) is 10.3. The van der Waals surface area contributed by atoms with Crippen molar-refractivity contribution in [2.75, 3.05) is 7.11 Å². The summed E-state index contributed by atoms with van der Waals surface area (Å²) in [7, 11) is 1.50. The van der Waals surface area contributed by atoms with E-state index in [2.05, 4.69) is 0 Å². The molecule has 19 heavy (non-hydrogen) atoms. The molecule has 4 heteroatoms. The van der Waals surface area contributed by atoms with Gasteiger partial charge in [-0.15, -0.1) is 11.6 Å². The van der Waals surface area contributed by atoms with Crippen LogP contribution in [0.3, 0.4) is 0 Å². The fraction of sp³-hybridized carbons (Fsp3) is 0.133. The zero-order chi connectivity index (χ0) is 13.8. The third kappa shape index (κ3) is 2.88. The van der Waals surface area contributed by atoms with E-state index < -0.39 is 11.3 Å². The Kier molecular flexibility index (Phi) is 4.07. The highest BCUT2D eigenvalue weighted by molar-refractivity contribution is 6.29. The molecule has 0 aromatic heterocycles. The van der Waals surface area contributed by atoms with Crippen molar-refractivity contribution in [2.45, 2.75) is 5.38 Å². The SMILES string of the molecule is COc1cc(-c2ccccc2)ccc1C(Cl)C(=O)O. The van der Waals surface area contributed by atoms with Crippen LogP contribution < -0.4 is 4.74 Å². The van der Waals surface area contributed by atoms with Gasteiger partial charge >= 0.3 is 5.97 Å². The highest BCUT2D eigenvalue weighted by atomic mass is 35.5. The van der Waals surface area contributed by atoms with E-state index in [1.807, 2.05) is 36.4 Å². The molecule has 0 aliphatic carbocycles. The molecule has 0 bridgehead atoms. The normalized spacial score (nSPS) is 11.9. The number of hydrogen-bond donors (Lipinski definition) is 1. The van der Waals surface area contributed by atoms with Gasteiger partial charge in [-0.05, 0) is 17.2 Å². The van der Waals surface area contributed by atoms with Crippen LogP contribution in [0.25, 0.3) is 11.1 Å². The number of alkyl halides is 1. The Morgan fingerprint density at radius 1 is 1.16 bits per heavy atom. The van der Waals surface area contributed by atoms with Crippen molar-refractivity contribution < 1.29 is 14.6 Å². The van der Waals surface area contributed by atoms with Gasteiger partial charge in [-0.3, -0.25) is 4.79 Å². The van der Waals surface area contributed by atoms with Crippen LogP contribution in [0.15, 0.2) is 48.5 Å². The van der Waals surface area contributed by atoms with Gasteiger partial charge < -0.3 is 9.84 Å². The molecule has 0 aliphatic rings. The molecule has 98 valence electrons. The van der Waals surface area contributed by atoms with E-state index in [1.165, 1.54) is 7.11 Å². The van der Waals surface area contributed by atoms with E-state index in [0.717, 1.165) is 11.1 Å². The lowest BCUT2D eigenvalue weighted by Crippen LogP contribution is -2.06. The number of halogens is 1. The molecular formula is C15H13ClO3. The first-order chi connectivity index (χ1) is 9.13. The van der Waals surface area contributed by atoms with Gasteiger partial charge in [0.05, 0.1) is 7.11 Å². The zero-order valence-corrected chi connectivity index (χ0v) is 11.1. The molecule has 0 fully saturated rings. The monoisotopic (exact) mass is 276 g/mol. The molecule has 1 atom stereocenters. The quantitative estimate of drug-likeness (QED) is 0.866. The molecule has 1 N–H and O–H groups in total. The summed E-state index contributed by atoms with van der Waals surface area (Å²) in [6, 6.07) is 15.1. The summed E-state index contributed by atoms with van der Waals surface area (Å²) in [5.41, 5.74) is 2.45. The van der Waals surface area contributed by atoms with Crippen LogP contribution >= 0.6 is 11.6 Å². The van der Waals surface area contributed by atoms with E-state index >= 15 is 0 Å². The first-order valence-corrected chi connectivity index (χ1v) is 6.17. The van der Waals surface area contributed by atoms with Crippen molar-refractivity contribution in [3.05, 3.63) is 54.1 Å². The molecule has 1 unspecified atom stereocenters. The van der Waals surface area contributed by atoms with Gasteiger partial charge in [-0.25, -0.2) is 0 Å². The molecule has 2 aromatic carbocycles. The van der Waals surface area contributed by atoms with Gasteiger partial charge in [-0.1, -0.05) is 42.5 Å². The summed E-state index contributed by atoms with van der Waals surface area (Å²) < 4.78 is 5.23. The summed E-state index contributed by atoms with van der Waals surface area (Å²) in [4.78, 5) is 10.9. The lowest BCUT2D eigenvalue weighted by molar-refractivity contribution is -0.136. The highest BCUT2D eigenvalue weighted by Crippen LogP contribution is 2.33. The largest absolute Gasteiger partial charge is 0.496 e. The standard InChI is InChI=1S/C15H13ClO3/c1-19-13-9-11(10-5-3-2-4-6-10)7-8-12(13)14(16)15(17)18/h2-9,14H,1H3,(H,17,18). The number of carboxylic acid groups (broad SMARTS) is 1. The summed E-state index contributed by atoms with van der Waals surface area (Å²) in [5.74, 6) is -0.615. The van der Waals surface area contributed by atoms with Crippen LogP contribution in [0.1, 0.15) is 10.9 Å². The molecule has 0 saturated heterocycles. The minimum absolute atomic E-state index is 0.455. The van der Waals surface area contributed by atoms with Crippen molar-refractivity contribution in [1.82, 2.24) is 0 Å². The second-order valence-electron chi connectivity index (χ2n) is 4.02. The second-order valence-corrected chi connectivity index (χ2v) is 4.46. The second kappa shape index (κ2) is 5.76. The summed E-state index contributed by atoms with van der Waals surface area (Å²) in [6.45, 7) is 0. The van der Waals surface area contributed by atoms with Crippen LogP contribution in [0.4, 0.5) is 0 Å². The van der Waals surface area contributed by atoms with Crippen LogP contribution in [-0.4, -0.2) is 18.2 Å². The predicted octanol–water partition coefficient (Wildman–Crippen LogP) is 3.73. The van der Waals surface area contributed by atoms with Gasteiger partial charge in [-0.2, -0.15) is 0 Å². The van der Waals surface area contributed by atoms with Gasteiger partial charge in [0.2, 0.25) is 0 Å². The number of methoxy groups -OCH3 is 1. The molecule has 2 aromatic rings. The van der Waals surface area contributed by atoms with Crippen LogP contribution in [0.2, 0.25) is 0 Å². The average Bonchev–Trinajstić information content (AvgIpc) is 2.46. The number of benzene rings is 2. The van der Waals surface area contributed by atoms with Crippen molar-refractivity contribution in [1.29, 1.82) is 0 Å². The van der Waals surface area contributed by atoms with Gasteiger partial charge in [0.25, 0.3) is 0 Å². The van der Waals surface area contributed by atoms with Gasteiger partial charge in [0.15, 0.2) is 5.38 Å². The fourth-order valence-electron chi connectivity index (χ4n) is 1.86. The van der Waals surface area contributed by atoms with Crippen molar-refractivity contribution in [3.8, 4) is 16.9 Å². The maximum absolute atomic E-state index is 10.9. The molecule has 0 spiro atoms. The Morgan fingerprint density at radius 2 is 1.84 bits per heavy atom. The van der Waals surface area contributed by atoms with Crippen LogP contribution in [0, 0.1) is 0 Å². The minimum Gasteiger partial charge on any atom is -0.496 e. The number of aliphatic carboxylic acids is 1. The van der Waals surface area contributed by atoms with E-state index in [0.29, 0.717) is 11.3 Å². The lowest BCUT2D eigenvalue weighted by Gasteiger charge is -2.12. The molecule has 2 rings (SSSR count). The summed E-state index contributed by atoms with van der Waals surface area (Å²) in [6.07, 6.45) is 0. The minimum atomic E-state index is -1.11. The molecule has 0 amide bonds. The molecular weight excluding hydrogens is 264 g/mol. The first-order valence-electron chi connectivity index (χ1n) is 5.73. The predicted molar refractivity (Wildman–Crippen MR) is 74.7 cm³/mol. The smallest absolute Gasteiger partial charge is 0.326 e. The molecule has 3 nitrogen and oxygen atoms in total. The van der Waals surface area contributed by atoms with Gasteiger partial charge in [0, 0.05) is 5.56 Å². The van der Waals surface area contributed by atoms with E-state index in [4.69, 9.17) is 21.4 Å². The molecule has 0 saturated carbocycles. The van der Waals surface area contributed by atoms with Gasteiger partial charge in [0.1, 0.15) is 5.75 Å². The van der Waals surface area contributed by atoms with Crippen LogP contribution in [0.5, 0.6) is 5.75 Å². The lowest BCUT2D eigenvalue weighted by atomic mass is 10.0. The molecule has 0 heterocycles. The van der Waals surface area contributed by atoms with E-state index in [1.54, 1.807) is 12.1 Å². The Bertz CT molecular complexity index is 581. The summed E-state index contributed by atoms with van der Waals surface area (Å²) >= 11 is 5.84. The van der Waals surface area contributed by atoms with Crippen molar-refractivity contribution in [3.63, 3.8) is 0 Å². The van der Waals surface area contributed by atoms with Crippen molar-refractivity contribution in [2.24, 2.45) is 0 Å². The maximum Gasteiger partial charge on any atom is 0.326 e. The number of carboxylic acids is 1. The molecule has 0 radical (unpaired) electrons. The average molecular weight is 277 g/mol. The summed E-state index contributed by atoms with van der Waals surface area (Å²) in [5, 5.41) is 7.84. The number of ether oxygens (including phenoxy) is 1. The Morgan fingerprint density at radius 3 is 2.42 bits per heavy atom. The Labute approximate surface area is 116 Å². The van der Waals surface area contributed by atoms with E-state index in [9.17, 15) is 4.79 Å². The first kappa shape index (κ1) is 13.4. The van der Waals surface area contributed by atoms with Crippen molar-refractivity contribution >= 4 is 17.6 Å². The van der Waals surface area contributed by atoms with E-state index in [-0.39, 0.29) is 0 Å². The topological polar surface area (TPSA) is 46.5 Å². The maximum atomic E-state index is 10.9. The highest BCUT2D eigenvalue weighted by Gasteiger charge is 2.20.